The highest BCUT2D eigenvalue weighted by atomic mass is 16.4. The van der Waals surface area contributed by atoms with Crippen LogP contribution in [0.2, 0.25) is 0 Å². The van der Waals surface area contributed by atoms with Gasteiger partial charge in [0.1, 0.15) is 0 Å². The summed E-state index contributed by atoms with van der Waals surface area (Å²) in [6.07, 6.45) is 4.30. The Bertz CT molecular complexity index is 134. The van der Waals surface area contributed by atoms with E-state index in [4.69, 9.17) is 4.65 Å². The van der Waals surface area contributed by atoms with Crippen molar-refractivity contribution in [3.05, 3.63) is 12.0 Å². The van der Waals surface area contributed by atoms with Crippen molar-refractivity contribution in [1.82, 2.24) is 4.81 Å². The summed E-state index contributed by atoms with van der Waals surface area (Å²) in [5, 5.41) is 0. The van der Waals surface area contributed by atoms with Crippen LogP contribution in [0.15, 0.2) is 12.0 Å². The smallest absolute Gasteiger partial charge is 0.520 e. The molecule has 0 aliphatic carbocycles. The molecule has 2 aliphatic rings. The lowest BCUT2D eigenvalue weighted by molar-refractivity contribution is 0.493. The molecular weight excluding hydrogens is 101 g/mol. The van der Waals surface area contributed by atoms with Crippen molar-refractivity contribution in [2.24, 2.45) is 0 Å². The second-order valence-electron chi connectivity index (χ2n) is 2.15. The zero-order valence-electron chi connectivity index (χ0n) is 4.63. The quantitative estimate of drug-likeness (QED) is 0.418. The van der Waals surface area contributed by atoms with E-state index >= 15 is 0 Å². The number of rotatable bonds is 0. The monoisotopic (exact) mass is 108 g/mol. The highest BCUT2D eigenvalue weighted by Gasteiger charge is 2.23. The molecule has 0 atom stereocenters. The van der Waals surface area contributed by atoms with Gasteiger partial charge in [0.2, 0.25) is 0 Å². The van der Waals surface area contributed by atoms with Gasteiger partial charge >= 0.3 is 7.62 Å². The maximum absolute atomic E-state index is 4.95. The summed E-state index contributed by atoms with van der Waals surface area (Å²) in [6, 6.07) is 0. The van der Waals surface area contributed by atoms with Gasteiger partial charge in [-0.05, 0) is 12.8 Å². The maximum Gasteiger partial charge on any atom is 0.520 e. The number of hydrogen-bond acceptors (Lipinski definition) is 2. The zero-order chi connectivity index (χ0) is 5.40. The Hall–Kier alpha value is -0.595. The van der Waals surface area contributed by atoms with Crippen molar-refractivity contribution in [1.29, 1.82) is 0 Å². The van der Waals surface area contributed by atoms with Crippen LogP contribution in [0.5, 0.6) is 0 Å². The Morgan fingerprint density at radius 3 is 3.62 bits per heavy atom. The molecule has 0 spiro atoms. The second kappa shape index (κ2) is 1.44. The van der Waals surface area contributed by atoms with Gasteiger partial charge in [-0.15, -0.1) is 0 Å². The van der Waals surface area contributed by atoms with E-state index in [1.165, 1.54) is 18.5 Å². The lowest BCUT2D eigenvalue weighted by atomic mass is 10.2. The molecule has 8 heavy (non-hydrogen) atoms. The molecule has 41 valence electrons. The summed E-state index contributed by atoms with van der Waals surface area (Å²) in [5.74, 6) is 0. The Kier molecular flexibility index (Phi) is 0.773. The molecule has 3 heteroatoms. The summed E-state index contributed by atoms with van der Waals surface area (Å²) in [4.78, 5) is 2.15. The molecule has 2 heterocycles. The number of fused-ring (bicyclic) bond motifs is 1. The highest BCUT2D eigenvalue weighted by molar-refractivity contribution is 6.25. The third kappa shape index (κ3) is 0.442. The molecule has 0 aromatic heterocycles. The molecule has 0 N–H and O–H groups in total. The molecule has 2 rings (SSSR count). The fourth-order valence-electron chi connectivity index (χ4n) is 1.15. The molecule has 0 unspecified atom stereocenters. The minimum Gasteiger partial charge on any atom is -0.547 e. The Labute approximate surface area is 49.4 Å². The van der Waals surface area contributed by atoms with Gasteiger partial charge in [-0.3, -0.25) is 0 Å². The number of hydrogen-bond donors (Lipinski definition) is 0. The van der Waals surface area contributed by atoms with Gasteiger partial charge in [-0.25, -0.2) is 0 Å². The molecular formula is C5H7BNO. The zero-order valence-corrected chi connectivity index (χ0v) is 4.63. The SMILES string of the molecule is [B]1OC=C2CCCN12. The normalized spacial score (nSPS) is 24.0. The van der Waals surface area contributed by atoms with Gasteiger partial charge in [0.25, 0.3) is 0 Å². The molecule has 1 fully saturated rings. The van der Waals surface area contributed by atoms with E-state index in [-0.39, 0.29) is 0 Å². The molecule has 0 bridgehead atoms. The van der Waals surface area contributed by atoms with Crippen molar-refractivity contribution < 1.29 is 4.65 Å². The third-order valence-corrected chi connectivity index (χ3v) is 1.59. The van der Waals surface area contributed by atoms with Gasteiger partial charge in [0.15, 0.2) is 0 Å². The van der Waals surface area contributed by atoms with E-state index < -0.39 is 0 Å². The molecule has 0 amide bonds. The first-order chi connectivity index (χ1) is 3.97. The summed E-state index contributed by atoms with van der Waals surface area (Å²) in [7, 11) is 1.78. The van der Waals surface area contributed by atoms with Gasteiger partial charge < -0.3 is 9.47 Å². The van der Waals surface area contributed by atoms with Crippen LogP contribution < -0.4 is 0 Å². The van der Waals surface area contributed by atoms with Gasteiger partial charge in [-0.1, -0.05) is 0 Å². The van der Waals surface area contributed by atoms with Crippen LogP contribution in [-0.2, 0) is 4.65 Å². The van der Waals surface area contributed by atoms with Gasteiger partial charge in [0.05, 0.1) is 6.26 Å². The standard InChI is InChI=1S/C5H7BNO/c1-2-5-4-8-6-7(5)3-1/h4H,1-3H2. The average Bonchev–Trinajstić information content (AvgIpc) is 2.15. The molecule has 0 saturated carbocycles. The lowest BCUT2D eigenvalue weighted by Crippen LogP contribution is -2.17. The maximum atomic E-state index is 4.95. The van der Waals surface area contributed by atoms with Crippen LogP contribution in [-0.4, -0.2) is 19.0 Å². The Morgan fingerprint density at radius 1 is 1.75 bits per heavy atom. The first-order valence-corrected chi connectivity index (χ1v) is 2.91. The van der Waals surface area contributed by atoms with E-state index in [1.807, 2.05) is 6.26 Å². The second-order valence-corrected chi connectivity index (χ2v) is 2.15. The van der Waals surface area contributed by atoms with Crippen LogP contribution >= 0.6 is 0 Å². The molecule has 1 radical (unpaired) electrons. The summed E-state index contributed by atoms with van der Waals surface area (Å²) >= 11 is 0. The van der Waals surface area contributed by atoms with Crippen molar-refractivity contribution >= 4 is 7.62 Å². The summed E-state index contributed by atoms with van der Waals surface area (Å²) in [6.45, 7) is 1.14. The average molecular weight is 108 g/mol. The minimum atomic E-state index is 1.14. The lowest BCUT2D eigenvalue weighted by Gasteiger charge is -2.05. The topological polar surface area (TPSA) is 12.5 Å². The van der Waals surface area contributed by atoms with Crippen molar-refractivity contribution in [2.75, 3.05) is 6.54 Å². The summed E-state index contributed by atoms with van der Waals surface area (Å²) < 4.78 is 4.95. The molecule has 0 aromatic rings. The van der Waals surface area contributed by atoms with Crippen molar-refractivity contribution in [3.8, 4) is 0 Å². The van der Waals surface area contributed by atoms with Crippen molar-refractivity contribution in [2.45, 2.75) is 12.8 Å². The Balaban J connectivity index is 2.20. The molecule has 0 aromatic carbocycles. The van der Waals surface area contributed by atoms with E-state index in [1.54, 1.807) is 7.62 Å². The van der Waals surface area contributed by atoms with Crippen LogP contribution in [0, 0.1) is 0 Å². The van der Waals surface area contributed by atoms with Crippen LogP contribution in [0.1, 0.15) is 12.8 Å². The molecule has 1 saturated heterocycles. The van der Waals surface area contributed by atoms with E-state index in [0.29, 0.717) is 0 Å². The fourth-order valence-corrected chi connectivity index (χ4v) is 1.15. The first kappa shape index (κ1) is 4.30. The molecule has 2 nitrogen and oxygen atoms in total. The van der Waals surface area contributed by atoms with Crippen molar-refractivity contribution in [3.63, 3.8) is 0 Å². The number of allylic oxidation sites excluding steroid dienone is 1. The van der Waals surface area contributed by atoms with Crippen LogP contribution in [0.3, 0.4) is 0 Å². The molecule has 2 aliphatic heterocycles. The van der Waals surface area contributed by atoms with E-state index in [9.17, 15) is 0 Å². The van der Waals surface area contributed by atoms with Gasteiger partial charge in [0, 0.05) is 12.2 Å². The first-order valence-electron chi connectivity index (χ1n) is 2.91. The largest absolute Gasteiger partial charge is 0.547 e. The summed E-state index contributed by atoms with van der Waals surface area (Å²) in [5.41, 5.74) is 1.34. The van der Waals surface area contributed by atoms with E-state index in [2.05, 4.69) is 4.81 Å². The number of nitrogens with zero attached hydrogens (tertiary/aromatic N) is 1. The van der Waals surface area contributed by atoms with Crippen LogP contribution in [0.25, 0.3) is 0 Å². The van der Waals surface area contributed by atoms with E-state index in [0.717, 1.165) is 6.54 Å². The predicted octanol–water partition coefficient (Wildman–Crippen LogP) is 0.488. The Morgan fingerprint density at radius 2 is 2.75 bits per heavy atom. The fraction of sp³-hybridized carbons (Fsp3) is 0.600. The third-order valence-electron chi connectivity index (χ3n) is 1.59. The highest BCUT2D eigenvalue weighted by Crippen LogP contribution is 2.22. The minimum absolute atomic E-state index is 1.14. The predicted molar refractivity (Wildman–Crippen MR) is 30.9 cm³/mol. The van der Waals surface area contributed by atoms with Crippen LogP contribution in [0.4, 0.5) is 0 Å². The van der Waals surface area contributed by atoms with Gasteiger partial charge in [-0.2, -0.15) is 0 Å².